The van der Waals surface area contributed by atoms with Gasteiger partial charge in [-0.25, -0.2) is 0 Å². The Morgan fingerprint density at radius 2 is 1.79 bits per heavy atom. The predicted octanol–water partition coefficient (Wildman–Crippen LogP) is 4.75. The molecule has 0 unspecified atom stereocenters. The van der Waals surface area contributed by atoms with Crippen LogP contribution in [-0.2, 0) is 20.0 Å². The summed E-state index contributed by atoms with van der Waals surface area (Å²) in [6.07, 6.45) is 5.12. The molecule has 3 heterocycles. The van der Waals surface area contributed by atoms with Crippen molar-refractivity contribution in [3.8, 4) is 0 Å². The second-order valence-corrected chi connectivity index (χ2v) is 8.28. The largest absolute Gasteiger partial charge is 0.297 e. The van der Waals surface area contributed by atoms with Gasteiger partial charge in [-0.3, -0.25) is 14.6 Å². The molecule has 0 saturated carbocycles. The van der Waals surface area contributed by atoms with Crippen molar-refractivity contribution in [3.05, 3.63) is 81.9 Å². The predicted molar refractivity (Wildman–Crippen MR) is 114 cm³/mol. The molecule has 0 bridgehead atoms. The third-order valence-corrected chi connectivity index (χ3v) is 5.92. The van der Waals surface area contributed by atoms with E-state index in [0.29, 0.717) is 5.92 Å². The average molecular weight is 395 g/mol. The second-order valence-electron chi connectivity index (χ2n) is 7.84. The minimum Gasteiger partial charge on any atom is -0.297 e. The molecular weight excluding hydrogens is 368 g/mol. The first kappa shape index (κ1) is 19.2. The topological polar surface area (TPSA) is 34.0 Å². The summed E-state index contributed by atoms with van der Waals surface area (Å²) in [5, 5.41) is 5.06. The lowest BCUT2D eigenvalue weighted by atomic mass is 9.91. The van der Waals surface area contributed by atoms with Crippen LogP contribution in [0.1, 0.15) is 47.0 Å². The minimum atomic E-state index is 0.548. The van der Waals surface area contributed by atoms with Crippen molar-refractivity contribution in [3.63, 3.8) is 0 Å². The van der Waals surface area contributed by atoms with Crippen molar-refractivity contribution in [2.75, 3.05) is 13.1 Å². The van der Waals surface area contributed by atoms with Gasteiger partial charge in [-0.15, -0.1) is 0 Å². The van der Waals surface area contributed by atoms with Gasteiger partial charge in [-0.05, 0) is 80.7 Å². The second kappa shape index (κ2) is 8.46. The lowest BCUT2D eigenvalue weighted by Crippen LogP contribution is -2.33. The Labute approximate surface area is 172 Å². The maximum absolute atomic E-state index is 6.01. The van der Waals surface area contributed by atoms with Crippen LogP contribution in [0, 0.1) is 6.92 Å². The van der Waals surface area contributed by atoms with E-state index in [1.807, 2.05) is 30.1 Å². The minimum absolute atomic E-state index is 0.548. The summed E-state index contributed by atoms with van der Waals surface area (Å²) in [5.41, 5.74) is 6.26. The molecule has 146 valence electrons. The Bertz CT molecular complexity index is 924. The summed E-state index contributed by atoms with van der Waals surface area (Å²) in [5.74, 6) is 0.548. The van der Waals surface area contributed by atoms with E-state index in [0.717, 1.165) is 49.6 Å². The summed E-state index contributed by atoms with van der Waals surface area (Å²) in [7, 11) is 2.01. The highest BCUT2D eigenvalue weighted by atomic mass is 35.5. The highest BCUT2D eigenvalue weighted by Gasteiger charge is 2.22. The molecule has 4 nitrogen and oxygen atoms in total. The lowest BCUT2D eigenvalue weighted by Gasteiger charge is -2.31. The highest BCUT2D eigenvalue weighted by Crippen LogP contribution is 2.29. The molecule has 3 aromatic rings. The molecule has 0 radical (unpaired) electrons. The van der Waals surface area contributed by atoms with Crippen LogP contribution in [-0.4, -0.2) is 32.8 Å². The maximum atomic E-state index is 6.01. The van der Waals surface area contributed by atoms with Crippen molar-refractivity contribution < 1.29 is 0 Å². The summed E-state index contributed by atoms with van der Waals surface area (Å²) in [4.78, 5) is 7.40. The molecule has 1 aromatic carbocycles. The number of halogens is 1. The van der Waals surface area contributed by atoms with Gasteiger partial charge in [0.15, 0.2) is 0 Å². The van der Waals surface area contributed by atoms with Crippen LogP contribution < -0.4 is 0 Å². The number of hydrogen-bond acceptors (Lipinski definition) is 3. The van der Waals surface area contributed by atoms with Gasteiger partial charge in [0.1, 0.15) is 0 Å². The summed E-state index contributed by atoms with van der Waals surface area (Å²) >= 11 is 6.01. The highest BCUT2D eigenvalue weighted by molar-refractivity contribution is 6.30. The number of rotatable bonds is 5. The molecule has 1 saturated heterocycles. The van der Waals surface area contributed by atoms with Gasteiger partial charge in [0.2, 0.25) is 0 Å². The average Bonchev–Trinajstić information content (AvgIpc) is 3.08. The third kappa shape index (κ3) is 4.62. The summed E-state index contributed by atoms with van der Waals surface area (Å²) in [6, 6.07) is 14.8. The van der Waals surface area contributed by atoms with Crippen molar-refractivity contribution in [2.24, 2.45) is 7.05 Å². The van der Waals surface area contributed by atoms with E-state index >= 15 is 0 Å². The van der Waals surface area contributed by atoms with Gasteiger partial charge in [-0.2, -0.15) is 5.10 Å². The number of pyridine rings is 1. The van der Waals surface area contributed by atoms with E-state index in [9.17, 15) is 0 Å². The maximum Gasteiger partial charge on any atom is 0.0521 e. The Balaban J connectivity index is 1.41. The lowest BCUT2D eigenvalue weighted by molar-refractivity contribution is 0.199. The number of benzene rings is 1. The normalized spacial score (nSPS) is 15.8. The summed E-state index contributed by atoms with van der Waals surface area (Å²) < 4.78 is 1.97. The molecular formula is C23H27ClN4. The van der Waals surface area contributed by atoms with Crippen LogP contribution in [0.3, 0.4) is 0 Å². The van der Waals surface area contributed by atoms with Crippen LogP contribution in [0.15, 0.2) is 48.7 Å². The number of likely N-dealkylation sites (tertiary alicyclic amines) is 1. The van der Waals surface area contributed by atoms with Crippen LogP contribution in [0.25, 0.3) is 0 Å². The fourth-order valence-corrected chi connectivity index (χ4v) is 4.22. The number of aromatic nitrogens is 3. The smallest absolute Gasteiger partial charge is 0.0521 e. The molecule has 0 N–H and O–H groups in total. The van der Waals surface area contributed by atoms with Crippen LogP contribution in [0.5, 0.6) is 0 Å². The van der Waals surface area contributed by atoms with Gasteiger partial charge in [-0.1, -0.05) is 23.7 Å². The van der Waals surface area contributed by atoms with Gasteiger partial charge in [0, 0.05) is 42.1 Å². The molecule has 0 amide bonds. The van der Waals surface area contributed by atoms with Gasteiger partial charge < -0.3 is 0 Å². The van der Waals surface area contributed by atoms with Crippen LogP contribution >= 0.6 is 11.6 Å². The van der Waals surface area contributed by atoms with E-state index < -0.39 is 0 Å². The monoisotopic (exact) mass is 394 g/mol. The van der Waals surface area contributed by atoms with E-state index in [2.05, 4.69) is 47.3 Å². The molecule has 0 atom stereocenters. The van der Waals surface area contributed by atoms with Crippen LogP contribution in [0.4, 0.5) is 0 Å². The van der Waals surface area contributed by atoms with Crippen molar-refractivity contribution in [2.45, 2.75) is 38.6 Å². The van der Waals surface area contributed by atoms with E-state index in [-0.39, 0.29) is 0 Å². The molecule has 1 aliphatic rings. The molecule has 28 heavy (non-hydrogen) atoms. The molecule has 1 fully saturated rings. The van der Waals surface area contributed by atoms with Gasteiger partial charge in [0.05, 0.1) is 5.69 Å². The van der Waals surface area contributed by atoms with E-state index in [1.165, 1.54) is 22.5 Å². The first-order valence-corrected chi connectivity index (χ1v) is 10.4. The fourth-order valence-electron chi connectivity index (χ4n) is 4.09. The Hall–Kier alpha value is -2.17. The van der Waals surface area contributed by atoms with Crippen molar-refractivity contribution >= 4 is 11.6 Å². The van der Waals surface area contributed by atoms with Crippen LogP contribution in [0.2, 0.25) is 5.02 Å². The SMILES string of the molecule is Cc1cc(Cc2ccc(Cl)cc2)cc(C2CCN(Cc3ccnn3C)CC2)n1. The number of piperidine rings is 1. The first-order chi connectivity index (χ1) is 13.6. The van der Waals surface area contributed by atoms with Gasteiger partial charge in [0.25, 0.3) is 0 Å². The molecule has 1 aliphatic heterocycles. The molecule has 5 heteroatoms. The Morgan fingerprint density at radius 1 is 1.04 bits per heavy atom. The molecule has 2 aromatic heterocycles. The fraction of sp³-hybridized carbons (Fsp3) is 0.391. The van der Waals surface area contributed by atoms with Gasteiger partial charge >= 0.3 is 0 Å². The first-order valence-electron chi connectivity index (χ1n) is 9.98. The number of aryl methyl sites for hydroxylation is 2. The zero-order valence-corrected chi connectivity index (χ0v) is 17.4. The Morgan fingerprint density at radius 3 is 2.46 bits per heavy atom. The number of hydrogen-bond donors (Lipinski definition) is 0. The van der Waals surface area contributed by atoms with E-state index in [4.69, 9.17) is 16.6 Å². The molecule has 4 rings (SSSR count). The van der Waals surface area contributed by atoms with E-state index in [1.54, 1.807) is 0 Å². The van der Waals surface area contributed by atoms with Crippen molar-refractivity contribution in [1.29, 1.82) is 0 Å². The zero-order chi connectivity index (χ0) is 19.5. The zero-order valence-electron chi connectivity index (χ0n) is 16.6. The standard InChI is InChI=1S/C23H27ClN4/c1-17-13-19(14-18-3-5-21(24)6-4-18)15-23(26-17)20-8-11-28(12-9-20)16-22-7-10-25-27(22)2/h3-7,10,13,15,20H,8-9,11-12,14,16H2,1-2H3. The molecule has 0 aliphatic carbocycles. The quantitative estimate of drug-likeness (QED) is 0.626. The number of nitrogens with zero attached hydrogens (tertiary/aromatic N) is 4. The third-order valence-electron chi connectivity index (χ3n) is 5.67. The Kier molecular flexibility index (Phi) is 5.79. The molecule has 0 spiro atoms. The summed E-state index contributed by atoms with van der Waals surface area (Å²) in [6.45, 7) is 5.30. The van der Waals surface area contributed by atoms with Crippen molar-refractivity contribution in [1.82, 2.24) is 19.7 Å².